The molecule has 0 saturated heterocycles. The van der Waals surface area contributed by atoms with Crippen LogP contribution in [0.15, 0.2) is 41.6 Å². The lowest BCUT2D eigenvalue weighted by atomic mass is 10.0. The van der Waals surface area contributed by atoms with Crippen LogP contribution in [0.3, 0.4) is 0 Å². The number of hydrogen-bond acceptors (Lipinski definition) is 4. The summed E-state index contributed by atoms with van der Waals surface area (Å²) in [6.45, 7) is 4.72. The lowest BCUT2D eigenvalue weighted by Gasteiger charge is -2.25. The molecular weight excluding hydrogens is 268 g/mol. The number of nitrogens with zero attached hydrogens (tertiary/aromatic N) is 1. The van der Waals surface area contributed by atoms with Gasteiger partial charge in [0.05, 0.1) is 0 Å². The number of nitrogen functional groups attached to an aromatic ring is 1. The van der Waals surface area contributed by atoms with Gasteiger partial charge < -0.3 is 5.73 Å². The van der Waals surface area contributed by atoms with Crippen LogP contribution in [0.25, 0.3) is 0 Å². The molecular formula is C16H16N2O3. The first-order valence-electron chi connectivity index (χ1n) is 6.46. The van der Waals surface area contributed by atoms with Crippen molar-refractivity contribution in [1.82, 2.24) is 0 Å². The first-order valence-corrected chi connectivity index (χ1v) is 6.46. The van der Waals surface area contributed by atoms with E-state index < -0.39 is 0 Å². The maximum absolute atomic E-state index is 12.1. The lowest BCUT2D eigenvalue weighted by Crippen LogP contribution is -2.33. The Hall–Kier alpha value is -2.69. The maximum atomic E-state index is 12.1. The summed E-state index contributed by atoms with van der Waals surface area (Å²) in [5.74, 6) is -0.987. The summed E-state index contributed by atoms with van der Waals surface area (Å²) in [5.41, 5.74) is 8.08. The van der Waals surface area contributed by atoms with Crippen molar-refractivity contribution >= 4 is 28.8 Å². The largest absolute Gasteiger partial charge is 0.399 e. The Morgan fingerprint density at radius 2 is 1.76 bits per heavy atom. The molecule has 1 aliphatic carbocycles. The summed E-state index contributed by atoms with van der Waals surface area (Å²) in [5, 5.41) is 0. The van der Waals surface area contributed by atoms with E-state index >= 15 is 0 Å². The fourth-order valence-electron chi connectivity index (χ4n) is 2.12. The monoisotopic (exact) mass is 284 g/mol. The number of carbonyl (C=O) groups excluding carboxylic acids is 3. The van der Waals surface area contributed by atoms with Crippen molar-refractivity contribution in [3.8, 4) is 0 Å². The highest BCUT2D eigenvalue weighted by molar-refractivity contribution is 6.23. The Morgan fingerprint density at radius 3 is 2.33 bits per heavy atom. The number of benzene rings is 1. The fourth-order valence-corrected chi connectivity index (χ4v) is 2.12. The van der Waals surface area contributed by atoms with Crippen molar-refractivity contribution in [2.45, 2.75) is 20.8 Å². The minimum atomic E-state index is -0.364. The van der Waals surface area contributed by atoms with Gasteiger partial charge in [-0.3, -0.25) is 19.3 Å². The highest BCUT2D eigenvalue weighted by atomic mass is 16.2. The minimum Gasteiger partial charge on any atom is -0.399 e. The molecule has 0 heterocycles. The van der Waals surface area contributed by atoms with Gasteiger partial charge in [-0.15, -0.1) is 0 Å². The highest BCUT2D eigenvalue weighted by Crippen LogP contribution is 2.26. The normalized spacial score (nSPS) is 14.6. The molecule has 0 spiro atoms. The summed E-state index contributed by atoms with van der Waals surface area (Å²) in [4.78, 5) is 37.1. The SMILES string of the molecule is CC(=O)N(C1=CC(=O)C(C)=CC1=O)c1ccc(N)c(C)c1. The molecule has 1 amide bonds. The van der Waals surface area contributed by atoms with Crippen LogP contribution in [0.5, 0.6) is 0 Å². The molecule has 21 heavy (non-hydrogen) atoms. The van der Waals surface area contributed by atoms with Gasteiger partial charge in [-0.05, 0) is 43.7 Å². The van der Waals surface area contributed by atoms with Gasteiger partial charge in [0.25, 0.3) is 0 Å². The molecule has 0 unspecified atom stereocenters. The Bertz CT molecular complexity index is 714. The molecule has 1 aromatic rings. The predicted octanol–water partition coefficient (Wildman–Crippen LogP) is 1.91. The first kappa shape index (κ1) is 14.7. The molecule has 0 saturated carbocycles. The number of hydrogen-bond donors (Lipinski definition) is 1. The predicted molar refractivity (Wildman–Crippen MR) is 80.6 cm³/mol. The van der Waals surface area contributed by atoms with Gasteiger partial charge >= 0.3 is 0 Å². The second-order valence-corrected chi connectivity index (χ2v) is 4.98. The zero-order valence-electron chi connectivity index (χ0n) is 12.1. The van der Waals surface area contributed by atoms with Crippen LogP contribution < -0.4 is 10.6 Å². The van der Waals surface area contributed by atoms with E-state index in [-0.39, 0.29) is 23.2 Å². The van der Waals surface area contributed by atoms with E-state index in [0.717, 1.165) is 5.56 Å². The summed E-state index contributed by atoms with van der Waals surface area (Å²) in [6.07, 6.45) is 2.45. The molecule has 5 nitrogen and oxygen atoms in total. The topological polar surface area (TPSA) is 80.5 Å². The smallest absolute Gasteiger partial charge is 0.228 e. The molecule has 108 valence electrons. The second kappa shape index (κ2) is 5.36. The molecule has 0 bridgehead atoms. The van der Waals surface area contributed by atoms with Crippen molar-refractivity contribution in [3.05, 3.63) is 47.2 Å². The van der Waals surface area contributed by atoms with Crippen LogP contribution in [-0.4, -0.2) is 17.5 Å². The van der Waals surface area contributed by atoms with E-state index in [9.17, 15) is 14.4 Å². The average molecular weight is 284 g/mol. The second-order valence-electron chi connectivity index (χ2n) is 4.98. The van der Waals surface area contributed by atoms with Crippen molar-refractivity contribution in [1.29, 1.82) is 0 Å². The van der Waals surface area contributed by atoms with E-state index in [0.29, 0.717) is 16.9 Å². The number of ketones is 2. The lowest BCUT2D eigenvalue weighted by molar-refractivity contribution is -0.118. The third-order valence-electron chi connectivity index (χ3n) is 3.32. The molecule has 2 N–H and O–H groups in total. The Morgan fingerprint density at radius 1 is 1.10 bits per heavy atom. The van der Waals surface area contributed by atoms with Crippen LogP contribution in [0.4, 0.5) is 11.4 Å². The minimum absolute atomic E-state index is 0.0577. The average Bonchev–Trinajstić information content (AvgIpc) is 2.39. The Kier molecular flexibility index (Phi) is 3.76. The quantitative estimate of drug-likeness (QED) is 0.664. The molecule has 0 aromatic heterocycles. The van der Waals surface area contributed by atoms with Gasteiger partial charge in [-0.25, -0.2) is 0 Å². The van der Waals surface area contributed by atoms with E-state index in [2.05, 4.69) is 0 Å². The number of allylic oxidation sites excluding steroid dienone is 3. The first-order chi connectivity index (χ1) is 9.81. The number of amides is 1. The van der Waals surface area contributed by atoms with Gasteiger partial charge in [0, 0.05) is 29.9 Å². The zero-order chi connectivity index (χ0) is 15.7. The number of rotatable bonds is 2. The van der Waals surface area contributed by atoms with E-state index in [4.69, 9.17) is 5.73 Å². The van der Waals surface area contributed by atoms with Gasteiger partial charge in [-0.1, -0.05) is 0 Å². The summed E-state index contributed by atoms with van der Waals surface area (Å²) in [6, 6.07) is 5.02. The maximum Gasteiger partial charge on any atom is 0.228 e. The van der Waals surface area contributed by atoms with E-state index in [1.807, 2.05) is 6.92 Å². The van der Waals surface area contributed by atoms with Gasteiger partial charge in [-0.2, -0.15) is 0 Å². The highest BCUT2D eigenvalue weighted by Gasteiger charge is 2.26. The van der Waals surface area contributed by atoms with E-state index in [1.165, 1.54) is 24.0 Å². The van der Waals surface area contributed by atoms with Crippen molar-refractivity contribution in [3.63, 3.8) is 0 Å². The molecule has 5 heteroatoms. The van der Waals surface area contributed by atoms with Crippen molar-refractivity contribution in [2.75, 3.05) is 10.6 Å². The number of nitrogens with two attached hydrogens (primary N) is 1. The van der Waals surface area contributed by atoms with Gasteiger partial charge in [0.1, 0.15) is 5.70 Å². The van der Waals surface area contributed by atoms with Gasteiger partial charge in [0.2, 0.25) is 11.7 Å². The van der Waals surface area contributed by atoms with Crippen LogP contribution in [0.2, 0.25) is 0 Å². The molecule has 0 aliphatic heterocycles. The third-order valence-corrected chi connectivity index (χ3v) is 3.32. The van der Waals surface area contributed by atoms with Gasteiger partial charge in [0.15, 0.2) is 5.78 Å². The summed E-state index contributed by atoms with van der Waals surface area (Å²) in [7, 11) is 0. The Labute approximate surface area is 122 Å². The van der Waals surface area contributed by atoms with Crippen molar-refractivity contribution in [2.24, 2.45) is 0 Å². The van der Waals surface area contributed by atoms with Crippen molar-refractivity contribution < 1.29 is 14.4 Å². The van der Waals surface area contributed by atoms with Crippen LogP contribution in [0.1, 0.15) is 19.4 Å². The third kappa shape index (κ3) is 2.76. The molecule has 1 aromatic carbocycles. The summed E-state index contributed by atoms with van der Waals surface area (Å²) < 4.78 is 0. The number of aryl methyl sites for hydroxylation is 1. The molecule has 1 aliphatic rings. The molecule has 0 radical (unpaired) electrons. The molecule has 2 rings (SSSR count). The number of carbonyl (C=O) groups is 3. The molecule has 0 atom stereocenters. The fraction of sp³-hybridized carbons (Fsp3) is 0.188. The zero-order valence-corrected chi connectivity index (χ0v) is 12.1. The van der Waals surface area contributed by atoms with E-state index in [1.54, 1.807) is 25.1 Å². The van der Waals surface area contributed by atoms with Crippen LogP contribution in [0, 0.1) is 6.92 Å². The summed E-state index contributed by atoms with van der Waals surface area (Å²) >= 11 is 0. The van der Waals surface area contributed by atoms with Crippen LogP contribution in [-0.2, 0) is 14.4 Å². The molecule has 0 fully saturated rings. The standard InChI is InChI=1S/C16H16N2O3/c1-9-6-12(4-5-13(9)17)18(11(3)19)14-8-15(20)10(2)7-16(14)21/h4-8H,17H2,1-3H3. The Balaban J connectivity index is 2.52. The van der Waals surface area contributed by atoms with Crippen LogP contribution >= 0.6 is 0 Å². The number of anilines is 2.